The first-order chi connectivity index (χ1) is 11.0. The quantitative estimate of drug-likeness (QED) is 0.705. The molecule has 1 atom stereocenters. The number of aliphatic hydroxyl groups excluding tert-OH is 1. The molecule has 6 nitrogen and oxygen atoms in total. The molecule has 0 radical (unpaired) electrons. The summed E-state index contributed by atoms with van der Waals surface area (Å²) >= 11 is 0. The van der Waals surface area contributed by atoms with Crippen molar-refractivity contribution in [1.29, 1.82) is 0 Å². The summed E-state index contributed by atoms with van der Waals surface area (Å²) in [6.07, 6.45) is 0. The average molecular weight is 332 g/mol. The molecule has 0 saturated heterocycles. The maximum Gasteiger partial charge on any atom is 0.335 e. The van der Waals surface area contributed by atoms with Crippen molar-refractivity contribution in [3.05, 3.63) is 52.2 Å². The molecule has 0 saturated carbocycles. The molecule has 2 aromatic carbocycles. The van der Waals surface area contributed by atoms with Crippen LogP contribution < -0.4 is 5.43 Å². The number of fused-ring (bicyclic) bond motifs is 2. The number of carbonyl (C=O) groups is 1. The van der Waals surface area contributed by atoms with Crippen LogP contribution in [0.4, 0.5) is 0 Å². The molecule has 0 fully saturated rings. The predicted molar refractivity (Wildman–Crippen MR) is 85.3 cm³/mol. The van der Waals surface area contributed by atoms with Crippen LogP contribution in [-0.2, 0) is 10.8 Å². The Hall–Kier alpha value is -2.51. The molecule has 1 heterocycles. The highest BCUT2D eigenvalue weighted by atomic mass is 32.2. The van der Waals surface area contributed by atoms with Crippen LogP contribution in [-0.4, -0.2) is 32.8 Å². The van der Waals surface area contributed by atoms with E-state index >= 15 is 0 Å². The zero-order valence-electron chi connectivity index (χ0n) is 11.8. The zero-order chi connectivity index (χ0) is 16.6. The van der Waals surface area contributed by atoms with E-state index < -0.39 is 16.8 Å². The van der Waals surface area contributed by atoms with E-state index in [0.29, 0.717) is 10.5 Å². The van der Waals surface area contributed by atoms with Crippen LogP contribution in [0.5, 0.6) is 0 Å². The van der Waals surface area contributed by atoms with Gasteiger partial charge in [-0.1, -0.05) is 0 Å². The third-order valence-corrected chi connectivity index (χ3v) is 4.76. The molecule has 0 unspecified atom stereocenters. The van der Waals surface area contributed by atoms with Crippen molar-refractivity contribution in [2.45, 2.75) is 4.90 Å². The van der Waals surface area contributed by atoms with Gasteiger partial charge in [-0.25, -0.2) is 4.79 Å². The van der Waals surface area contributed by atoms with Gasteiger partial charge in [-0.05, 0) is 36.4 Å². The molecular weight excluding hydrogens is 320 g/mol. The van der Waals surface area contributed by atoms with Crippen molar-refractivity contribution in [1.82, 2.24) is 0 Å². The van der Waals surface area contributed by atoms with Gasteiger partial charge in [-0.2, -0.15) is 0 Å². The molecule has 0 spiro atoms. The number of aromatic carboxylic acids is 1. The Morgan fingerprint density at radius 2 is 1.74 bits per heavy atom. The van der Waals surface area contributed by atoms with E-state index in [2.05, 4.69) is 0 Å². The summed E-state index contributed by atoms with van der Waals surface area (Å²) in [6, 6.07) is 8.65. The maximum atomic E-state index is 12.6. The fourth-order valence-electron chi connectivity index (χ4n) is 2.31. The Balaban J connectivity index is 2.28. The summed E-state index contributed by atoms with van der Waals surface area (Å²) in [5.41, 5.74) is 0.225. The lowest BCUT2D eigenvalue weighted by Gasteiger charge is -2.05. The fourth-order valence-corrected chi connectivity index (χ4v) is 3.18. The van der Waals surface area contributed by atoms with Crippen molar-refractivity contribution < 1.29 is 23.6 Å². The summed E-state index contributed by atoms with van der Waals surface area (Å²) in [5, 5.41) is 18.3. The topological polar surface area (TPSA) is 105 Å². The fraction of sp³-hybridized carbons (Fsp3) is 0.125. The van der Waals surface area contributed by atoms with Crippen molar-refractivity contribution in [2.24, 2.45) is 0 Å². The Morgan fingerprint density at radius 3 is 2.39 bits per heavy atom. The van der Waals surface area contributed by atoms with Crippen LogP contribution in [0, 0.1) is 0 Å². The van der Waals surface area contributed by atoms with Gasteiger partial charge >= 0.3 is 5.97 Å². The molecule has 0 aliphatic heterocycles. The largest absolute Gasteiger partial charge is 0.478 e. The van der Waals surface area contributed by atoms with E-state index in [1.54, 1.807) is 12.1 Å². The number of hydrogen-bond donors (Lipinski definition) is 2. The summed E-state index contributed by atoms with van der Waals surface area (Å²) in [4.78, 5) is 24.0. The summed E-state index contributed by atoms with van der Waals surface area (Å²) < 4.78 is 17.6. The van der Waals surface area contributed by atoms with Crippen LogP contribution in [0.1, 0.15) is 10.4 Å². The smallest absolute Gasteiger partial charge is 0.335 e. The Kier molecular flexibility index (Phi) is 3.97. The van der Waals surface area contributed by atoms with Gasteiger partial charge in [0.2, 0.25) is 5.43 Å². The van der Waals surface area contributed by atoms with Gasteiger partial charge in [0.25, 0.3) is 0 Å². The summed E-state index contributed by atoms with van der Waals surface area (Å²) in [5.74, 6) is -1.06. The first kappa shape index (κ1) is 15.4. The van der Waals surface area contributed by atoms with E-state index in [9.17, 15) is 13.8 Å². The van der Waals surface area contributed by atoms with Gasteiger partial charge in [-0.15, -0.1) is 0 Å². The van der Waals surface area contributed by atoms with Crippen molar-refractivity contribution >= 4 is 38.7 Å². The highest BCUT2D eigenvalue weighted by Gasteiger charge is 2.13. The summed E-state index contributed by atoms with van der Waals surface area (Å²) in [6.45, 7) is -0.223. The van der Waals surface area contributed by atoms with Gasteiger partial charge in [-0.3, -0.25) is 9.00 Å². The SMILES string of the molecule is O=C(O)c1ccc2oc3ccc([S@](=O)CCO)cc3c(=O)c2c1. The average Bonchev–Trinajstić information content (AvgIpc) is 2.54. The number of carboxylic acids is 1. The van der Waals surface area contributed by atoms with Crippen molar-refractivity contribution in [3.8, 4) is 0 Å². The lowest BCUT2D eigenvalue weighted by atomic mass is 10.1. The third kappa shape index (κ3) is 2.76. The number of aliphatic hydroxyl groups is 1. The van der Waals surface area contributed by atoms with Gasteiger partial charge < -0.3 is 14.6 Å². The zero-order valence-corrected chi connectivity index (χ0v) is 12.6. The van der Waals surface area contributed by atoms with E-state index in [-0.39, 0.29) is 39.7 Å². The molecule has 0 amide bonds. The number of hydrogen-bond acceptors (Lipinski definition) is 5. The Morgan fingerprint density at radius 1 is 1.09 bits per heavy atom. The van der Waals surface area contributed by atoms with E-state index in [4.69, 9.17) is 14.6 Å². The summed E-state index contributed by atoms with van der Waals surface area (Å²) in [7, 11) is -1.42. The maximum absolute atomic E-state index is 12.6. The second kappa shape index (κ2) is 5.94. The van der Waals surface area contributed by atoms with Crippen molar-refractivity contribution in [2.75, 3.05) is 12.4 Å². The molecule has 0 aliphatic rings. The molecule has 2 N–H and O–H groups in total. The predicted octanol–water partition coefficient (Wildman–Crippen LogP) is 1.74. The standard InChI is InChI=1S/C16H12O6S/c17-5-6-23(21)10-2-4-14-12(8-10)15(18)11-7-9(16(19)20)1-3-13(11)22-14/h1-4,7-8,17H,5-6H2,(H,19,20)/t23-/m1/s1. The van der Waals surface area contributed by atoms with Crippen molar-refractivity contribution in [3.63, 3.8) is 0 Å². The van der Waals surface area contributed by atoms with Crippen LogP contribution in [0.2, 0.25) is 0 Å². The highest BCUT2D eigenvalue weighted by Crippen LogP contribution is 2.22. The highest BCUT2D eigenvalue weighted by molar-refractivity contribution is 7.85. The van der Waals surface area contributed by atoms with Crippen LogP contribution >= 0.6 is 0 Å². The van der Waals surface area contributed by atoms with E-state index in [1.165, 1.54) is 24.3 Å². The first-order valence-corrected chi connectivity index (χ1v) is 8.06. The normalized spacial score (nSPS) is 12.6. The minimum atomic E-state index is -1.42. The molecule has 118 valence electrons. The molecular formula is C16H12O6S. The van der Waals surface area contributed by atoms with E-state index in [1.807, 2.05) is 0 Å². The minimum absolute atomic E-state index is 0.0100. The molecule has 0 bridgehead atoms. The van der Waals surface area contributed by atoms with Gasteiger partial charge in [0.15, 0.2) is 0 Å². The monoisotopic (exact) mass is 332 g/mol. The Bertz CT molecular complexity index is 1000. The minimum Gasteiger partial charge on any atom is -0.478 e. The second-order valence-corrected chi connectivity index (χ2v) is 6.45. The first-order valence-electron chi connectivity index (χ1n) is 6.74. The molecule has 7 heteroatoms. The Labute approximate surface area is 132 Å². The molecule has 3 aromatic rings. The number of rotatable bonds is 4. The van der Waals surface area contributed by atoms with E-state index in [0.717, 1.165) is 0 Å². The van der Waals surface area contributed by atoms with Crippen LogP contribution in [0.15, 0.2) is 50.5 Å². The lowest BCUT2D eigenvalue weighted by molar-refractivity contribution is 0.0697. The molecule has 23 heavy (non-hydrogen) atoms. The lowest BCUT2D eigenvalue weighted by Crippen LogP contribution is -2.06. The second-order valence-electron chi connectivity index (χ2n) is 4.88. The van der Waals surface area contributed by atoms with Crippen LogP contribution in [0.3, 0.4) is 0 Å². The number of carboxylic acid groups (broad SMARTS) is 1. The van der Waals surface area contributed by atoms with Gasteiger partial charge in [0.05, 0.1) is 39.5 Å². The third-order valence-electron chi connectivity index (χ3n) is 3.43. The van der Waals surface area contributed by atoms with Crippen LogP contribution in [0.25, 0.3) is 21.9 Å². The molecule has 3 rings (SSSR count). The number of benzene rings is 2. The molecule has 0 aliphatic carbocycles. The van der Waals surface area contributed by atoms with Gasteiger partial charge in [0.1, 0.15) is 11.2 Å². The molecule has 1 aromatic heterocycles. The van der Waals surface area contributed by atoms with Gasteiger partial charge in [0, 0.05) is 4.90 Å².